The van der Waals surface area contributed by atoms with Crippen LogP contribution in [0.5, 0.6) is 5.75 Å². The Kier molecular flexibility index (Phi) is 10.2. The zero-order chi connectivity index (χ0) is 29.4. The number of carbonyl (C=O) groups is 4. The minimum atomic E-state index is -1.62. The highest BCUT2D eigenvalue weighted by Gasteiger charge is 2.32. The Balaban J connectivity index is 1.73. The minimum Gasteiger partial charge on any atom is -0.508 e. The summed E-state index contributed by atoms with van der Waals surface area (Å²) in [6.45, 7) is 0.388. The van der Waals surface area contributed by atoms with Crippen LogP contribution in [-0.2, 0) is 32.0 Å². The van der Waals surface area contributed by atoms with Gasteiger partial charge in [0.2, 0.25) is 17.7 Å². The molecule has 40 heavy (non-hydrogen) atoms. The van der Waals surface area contributed by atoms with E-state index in [-0.39, 0.29) is 18.6 Å². The Morgan fingerprint density at radius 3 is 2.17 bits per heavy atom. The summed E-state index contributed by atoms with van der Waals surface area (Å²) in [5.74, 6) is -4.06. The number of aromatic amines is 1. The quantitative estimate of drug-likeness (QED) is 0.124. The molecule has 1 heterocycles. The van der Waals surface area contributed by atoms with Crippen LogP contribution in [-0.4, -0.2) is 86.0 Å². The van der Waals surface area contributed by atoms with Crippen LogP contribution in [0.3, 0.4) is 0 Å². The van der Waals surface area contributed by atoms with Gasteiger partial charge in [-0.3, -0.25) is 14.4 Å². The van der Waals surface area contributed by atoms with E-state index < -0.39 is 60.6 Å². The van der Waals surface area contributed by atoms with E-state index in [2.05, 4.69) is 20.9 Å². The largest absolute Gasteiger partial charge is 0.508 e. The van der Waals surface area contributed by atoms with Gasteiger partial charge in [-0.15, -0.1) is 0 Å². The second-order valence-electron chi connectivity index (χ2n) is 9.41. The number of carboxylic acids is 1. The Bertz CT molecular complexity index is 1340. The number of aromatic nitrogens is 1. The average Bonchev–Trinajstić information content (AvgIpc) is 3.32. The lowest BCUT2D eigenvalue weighted by Gasteiger charge is -2.26. The van der Waals surface area contributed by atoms with Crippen molar-refractivity contribution in [2.75, 3.05) is 6.61 Å². The molecule has 3 aromatic rings. The number of amides is 3. The molecule has 0 fully saturated rings. The predicted octanol–water partition coefficient (Wildman–Crippen LogP) is -1.10. The van der Waals surface area contributed by atoms with Gasteiger partial charge in [0.15, 0.2) is 0 Å². The fourth-order valence-electron chi connectivity index (χ4n) is 4.09. The molecule has 0 radical (unpaired) electrons. The van der Waals surface area contributed by atoms with E-state index in [1.54, 1.807) is 6.20 Å². The molecule has 0 saturated carbocycles. The molecule has 0 aliphatic rings. The lowest BCUT2D eigenvalue weighted by atomic mass is 10.0. The Hall–Kier alpha value is -4.46. The highest BCUT2D eigenvalue weighted by atomic mass is 16.4. The summed E-state index contributed by atoms with van der Waals surface area (Å²) >= 11 is 0. The monoisotopic (exact) mass is 555 g/mol. The summed E-state index contributed by atoms with van der Waals surface area (Å²) < 4.78 is 0. The van der Waals surface area contributed by atoms with Gasteiger partial charge >= 0.3 is 5.97 Å². The van der Waals surface area contributed by atoms with Crippen LogP contribution in [0.1, 0.15) is 18.1 Å². The first-order chi connectivity index (χ1) is 19.0. The van der Waals surface area contributed by atoms with Crippen LogP contribution < -0.4 is 21.7 Å². The topological polar surface area (TPSA) is 227 Å². The number of aliphatic carboxylic acids is 1. The molecule has 5 unspecified atom stereocenters. The molecular weight excluding hydrogens is 522 g/mol. The Morgan fingerprint density at radius 1 is 0.900 bits per heavy atom. The van der Waals surface area contributed by atoms with Crippen molar-refractivity contribution in [3.8, 4) is 5.75 Å². The first kappa shape index (κ1) is 30.1. The second-order valence-corrected chi connectivity index (χ2v) is 9.41. The lowest BCUT2D eigenvalue weighted by Crippen LogP contribution is -2.60. The molecule has 13 nitrogen and oxygen atoms in total. The highest BCUT2D eigenvalue weighted by Crippen LogP contribution is 2.19. The number of hydrogen-bond acceptors (Lipinski definition) is 8. The molecule has 3 rings (SSSR count). The van der Waals surface area contributed by atoms with Crippen molar-refractivity contribution >= 4 is 34.6 Å². The van der Waals surface area contributed by atoms with Gasteiger partial charge in [-0.1, -0.05) is 30.3 Å². The molecule has 2 aromatic carbocycles. The summed E-state index contributed by atoms with van der Waals surface area (Å²) in [6.07, 6.45) is 0.370. The second kappa shape index (κ2) is 13.6. The van der Waals surface area contributed by atoms with E-state index in [1.165, 1.54) is 31.2 Å². The average molecular weight is 556 g/mol. The van der Waals surface area contributed by atoms with Gasteiger partial charge in [0.25, 0.3) is 0 Å². The number of para-hydroxylation sites is 1. The van der Waals surface area contributed by atoms with Crippen molar-refractivity contribution in [2.24, 2.45) is 5.73 Å². The predicted molar refractivity (Wildman–Crippen MR) is 144 cm³/mol. The smallest absolute Gasteiger partial charge is 0.328 e. The number of carboxylic acid groups (broad SMARTS) is 1. The number of rotatable bonds is 13. The fourth-order valence-corrected chi connectivity index (χ4v) is 4.09. The van der Waals surface area contributed by atoms with E-state index in [0.717, 1.165) is 16.5 Å². The molecule has 10 N–H and O–H groups in total. The Morgan fingerprint density at radius 2 is 1.55 bits per heavy atom. The number of phenols is 1. The first-order valence-corrected chi connectivity index (χ1v) is 12.5. The molecule has 0 aliphatic heterocycles. The van der Waals surface area contributed by atoms with Gasteiger partial charge in [0.1, 0.15) is 23.9 Å². The van der Waals surface area contributed by atoms with Crippen molar-refractivity contribution < 1.29 is 39.6 Å². The van der Waals surface area contributed by atoms with Crippen molar-refractivity contribution in [1.29, 1.82) is 0 Å². The molecule has 0 spiro atoms. The van der Waals surface area contributed by atoms with Crippen LogP contribution in [0.15, 0.2) is 54.7 Å². The van der Waals surface area contributed by atoms with Crippen LogP contribution in [0, 0.1) is 0 Å². The van der Waals surface area contributed by atoms with Crippen molar-refractivity contribution in [1.82, 2.24) is 20.9 Å². The van der Waals surface area contributed by atoms with E-state index in [0.29, 0.717) is 5.56 Å². The van der Waals surface area contributed by atoms with Crippen LogP contribution in [0.2, 0.25) is 0 Å². The van der Waals surface area contributed by atoms with Gasteiger partial charge in [-0.25, -0.2) is 4.79 Å². The van der Waals surface area contributed by atoms with E-state index in [9.17, 15) is 39.6 Å². The number of nitrogens with one attached hydrogen (secondary N) is 4. The minimum absolute atomic E-state index is 0.0270. The number of benzene rings is 2. The van der Waals surface area contributed by atoms with Crippen molar-refractivity contribution in [2.45, 2.75) is 50.0 Å². The third kappa shape index (κ3) is 7.79. The molecule has 214 valence electrons. The molecule has 0 bridgehead atoms. The van der Waals surface area contributed by atoms with Crippen molar-refractivity contribution in [3.63, 3.8) is 0 Å². The van der Waals surface area contributed by atoms with E-state index in [4.69, 9.17) is 5.73 Å². The molecule has 13 heteroatoms. The van der Waals surface area contributed by atoms with E-state index >= 15 is 0 Å². The number of phenolic OH excluding ortho intramolecular Hbond substituents is 1. The number of fused-ring (bicyclic) bond motifs is 1. The first-order valence-electron chi connectivity index (χ1n) is 12.5. The maximum absolute atomic E-state index is 13.2. The molecule has 1 aromatic heterocycles. The molecule has 0 saturated heterocycles. The highest BCUT2D eigenvalue weighted by molar-refractivity contribution is 5.95. The molecular formula is C27H33N5O8. The van der Waals surface area contributed by atoms with E-state index in [1.807, 2.05) is 24.3 Å². The number of aliphatic hydroxyl groups excluding tert-OH is 2. The summed E-state index contributed by atoms with van der Waals surface area (Å²) in [6, 6.07) is 7.66. The van der Waals surface area contributed by atoms with Gasteiger partial charge < -0.3 is 47.1 Å². The maximum Gasteiger partial charge on any atom is 0.328 e. The van der Waals surface area contributed by atoms with Gasteiger partial charge in [0.05, 0.1) is 18.8 Å². The molecule has 0 aliphatic carbocycles. The van der Waals surface area contributed by atoms with Crippen LogP contribution >= 0.6 is 0 Å². The van der Waals surface area contributed by atoms with Gasteiger partial charge in [0, 0.05) is 23.5 Å². The summed E-state index contributed by atoms with van der Waals surface area (Å²) in [7, 11) is 0. The van der Waals surface area contributed by atoms with Gasteiger partial charge in [-0.2, -0.15) is 0 Å². The normalized spacial score (nSPS) is 14.9. The zero-order valence-corrected chi connectivity index (χ0v) is 21.7. The number of aromatic hydroxyl groups is 1. The van der Waals surface area contributed by atoms with Crippen molar-refractivity contribution in [3.05, 3.63) is 65.9 Å². The number of hydrogen-bond donors (Lipinski definition) is 9. The summed E-state index contributed by atoms with van der Waals surface area (Å²) in [5, 5.41) is 46.2. The number of nitrogens with two attached hydrogens (primary N) is 1. The summed E-state index contributed by atoms with van der Waals surface area (Å²) in [5.41, 5.74) is 8.28. The fraction of sp³-hybridized carbons (Fsp3) is 0.333. The molecule has 5 atom stereocenters. The molecule has 3 amide bonds. The van der Waals surface area contributed by atoms with Crippen LogP contribution in [0.25, 0.3) is 10.9 Å². The lowest BCUT2D eigenvalue weighted by molar-refractivity contribution is -0.143. The standard InChI is InChI=1S/C27H33N5O8/c1-14(34)23(32-24(36)19(28)11-16-12-29-20-5-3-2-4-18(16)20)26(38)30-21(10-15-6-8-17(35)9-7-15)25(37)31-22(13-33)27(39)40/h2-9,12,14,19,21-23,29,33-35H,10-11,13,28H2,1H3,(H,30,38)(H,31,37)(H,32,36)(H,39,40). The maximum atomic E-state index is 13.2. The number of H-pyrrole nitrogens is 1. The third-order valence-electron chi connectivity index (χ3n) is 6.32. The van der Waals surface area contributed by atoms with Crippen LogP contribution in [0.4, 0.5) is 0 Å². The zero-order valence-electron chi connectivity index (χ0n) is 21.7. The number of carbonyl (C=O) groups excluding carboxylic acids is 3. The number of aliphatic hydroxyl groups is 2. The SMILES string of the molecule is CC(O)C(NC(=O)C(N)Cc1c[nH]c2ccccc12)C(=O)NC(Cc1ccc(O)cc1)C(=O)NC(CO)C(=O)O. The third-order valence-corrected chi connectivity index (χ3v) is 6.32. The summed E-state index contributed by atoms with van der Waals surface area (Å²) in [4.78, 5) is 53.4. The Labute approximate surface area is 229 Å². The van der Waals surface area contributed by atoms with Gasteiger partial charge in [-0.05, 0) is 42.7 Å².